The van der Waals surface area contributed by atoms with Gasteiger partial charge in [0.25, 0.3) is 0 Å². The molecule has 2 N–H and O–H groups in total. The molecule has 1 aromatic carbocycles. The standard InChI is InChI=1S/C15H20FNO5S/c1-10-8-12(16)2-3-14(10)23(20,21)17-9-13(15(18)19)11-4-6-22-7-5-11/h2-3,8,11,13,17H,4-7,9H2,1H3,(H,18,19). The maximum Gasteiger partial charge on any atom is 0.308 e. The van der Waals surface area contributed by atoms with Crippen LogP contribution in [-0.2, 0) is 19.6 Å². The zero-order valence-corrected chi connectivity index (χ0v) is 13.6. The van der Waals surface area contributed by atoms with Crippen molar-refractivity contribution in [1.82, 2.24) is 4.72 Å². The van der Waals surface area contributed by atoms with Gasteiger partial charge in [0.05, 0.1) is 10.8 Å². The van der Waals surface area contributed by atoms with Crippen LogP contribution in [0.5, 0.6) is 0 Å². The van der Waals surface area contributed by atoms with Gasteiger partial charge < -0.3 is 9.84 Å². The molecule has 23 heavy (non-hydrogen) atoms. The molecular formula is C15H20FNO5S. The summed E-state index contributed by atoms with van der Waals surface area (Å²) in [5, 5.41) is 9.36. The smallest absolute Gasteiger partial charge is 0.308 e. The van der Waals surface area contributed by atoms with Gasteiger partial charge in [0.1, 0.15) is 5.82 Å². The van der Waals surface area contributed by atoms with E-state index in [9.17, 15) is 22.7 Å². The van der Waals surface area contributed by atoms with E-state index in [2.05, 4.69) is 4.72 Å². The van der Waals surface area contributed by atoms with Gasteiger partial charge in [-0.2, -0.15) is 0 Å². The second-order valence-electron chi connectivity index (χ2n) is 5.66. The molecule has 2 rings (SSSR count). The molecule has 0 aromatic heterocycles. The zero-order chi connectivity index (χ0) is 17.0. The number of halogens is 1. The number of carbonyl (C=O) groups is 1. The molecule has 0 spiro atoms. The van der Waals surface area contributed by atoms with E-state index in [0.717, 1.165) is 12.1 Å². The summed E-state index contributed by atoms with van der Waals surface area (Å²) >= 11 is 0. The van der Waals surface area contributed by atoms with Crippen LogP contribution in [0.3, 0.4) is 0 Å². The Kier molecular flexibility index (Phi) is 5.72. The molecule has 0 aliphatic carbocycles. The number of ether oxygens (including phenoxy) is 1. The second-order valence-corrected chi connectivity index (χ2v) is 7.39. The first-order valence-corrected chi connectivity index (χ1v) is 8.86. The van der Waals surface area contributed by atoms with Crippen molar-refractivity contribution in [3.8, 4) is 0 Å². The highest BCUT2D eigenvalue weighted by Gasteiger charge is 2.31. The lowest BCUT2D eigenvalue weighted by Gasteiger charge is -2.27. The molecule has 6 nitrogen and oxygen atoms in total. The number of carboxylic acid groups (broad SMARTS) is 1. The molecule has 0 radical (unpaired) electrons. The fourth-order valence-electron chi connectivity index (χ4n) is 2.77. The first-order chi connectivity index (χ1) is 10.8. The Morgan fingerprint density at radius 2 is 2.09 bits per heavy atom. The third kappa shape index (κ3) is 4.49. The van der Waals surface area contributed by atoms with Gasteiger partial charge in [0, 0.05) is 19.8 Å². The number of hydrogen-bond acceptors (Lipinski definition) is 4. The fraction of sp³-hybridized carbons (Fsp3) is 0.533. The van der Waals surface area contributed by atoms with Gasteiger partial charge >= 0.3 is 5.97 Å². The van der Waals surface area contributed by atoms with Crippen molar-refractivity contribution in [2.75, 3.05) is 19.8 Å². The van der Waals surface area contributed by atoms with Crippen molar-refractivity contribution < 1.29 is 27.4 Å². The quantitative estimate of drug-likeness (QED) is 0.816. The number of benzene rings is 1. The summed E-state index contributed by atoms with van der Waals surface area (Å²) in [7, 11) is -3.89. The Morgan fingerprint density at radius 3 is 2.65 bits per heavy atom. The van der Waals surface area contributed by atoms with E-state index in [1.165, 1.54) is 13.0 Å². The molecule has 0 amide bonds. The predicted octanol–water partition coefficient (Wildman–Crippen LogP) is 1.54. The van der Waals surface area contributed by atoms with E-state index in [1.807, 2.05) is 0 Å². The highest BCUT2D eigenvalue weighted by Crippen LogP contribution is 2.24. The molecule has 1 aliphatic rings. The van der Waals surface area contributed by atoms with E-state index < -0.39 is 27.7 Å². The number of carboxylic acids is 1. The largest absolute Gasteiger partial charge is 0.481 e. The van der Waals surface area contributed by atoms with Crippen LogP contribution in [0.15, 0.2) is 23.1 Å². The molecule has 1 atom stereocenters. The van der Waals surface area contributed by atoms with Crippen molar-refractivity contribution in [2.24, 2.45) is 11.8 Å². The predicted molar refractivity (Wildman–Crippen MR) is 81.0 cm³/mol. The Labute approximate surface area is 134 Å². The van der Waals surface area contributed by atoms with Crippen LogP contribution >= 0.6 is 0 Å². The topological polar surface area (TPSA) is 92.7 Å². The van der Waals surface area contributed by atoms with Crippen LogP contribution in [0.2, 0.25) is 0 Å². The van der Waals surface area contributed by atoms with Gasteiger partial charge in [-0.3, -0.25) is 4.79 Å². The van der Waals surface area contributed by atoms with Crippen LogP contribution in [0, 0.1) is 24.6 Å². The summed E-state index contributed by atoms with van der Waals surface area (Å²) in [6.45, 7) is 2.26. The average Bonchev–Trinajstić information content (AvgIpc) is 2.47. The van der Waals surface area contributed by atoms with Gasteiger partial charge in [-0.1, -0.05) is 0 Å². The monoisotopic (exact) mass is 345 g/mol. The highest BCUT2D eigenvalue weighted by molar-refractivity contribution is 7.89. The first kappa shape index (κ1) is 17.8. The summed E-state index contributed by atoms with van der Waals surface area (Å²) in [4.78, 5) is 11.4. The van der Waals surface area contributed by atoms with E-state index in [1.54, 1.807) is 0 Å². The van der Waals surface area contributed by atoms with Crippen molar-refractivity contribution >= 4 is 16.0 Å². The summed E-state index contributed by atoms with van der Waals surface area (Å²) in [5.74, 6) is -2.49. The Hall–Kier alpha value is -1.51. The summed E-state index contributed by atoms with van der Waals surface area (Å²) in [6, 6.07) is 3.37. The molecule has 1 aromatic rings. The minimum Gasteiger partial charge on any atom is -0.481 e. The molecule has 1 saturated heterocycles. The van der Waals surface area contributed by atoms with Crippen LogP contribution in [0.25, 0.3) is 0 Å². The van der Waals surface area contributed by atoms with Crippen LogP contribution in [0.4, 0.5) is 4.39 Å². The lowest BCUT2D eigenvalue weighted by Crippen LogP contribution is -2.39. The molecule has 1 fully saturated rings. The highest BCUT2D eigenvalue weighted by atomic mass is 32.2. The lowest BCUT2D eigenvalue weighted by atomic mass is 9.86. The number of hydrogen-bond donors (Lipinski definition) is 2. The van der Waals surface area contributed by atoms with Gasteiger partial charge in [0.15, 0.2) is 0 Å². The molecule has 1 heterocycles. The summed E-state index contributed by atoms with van der Waals surface area (Å²) in [6.07, 6.45) is 1.18. The third-order valence-corrected chi connectivity index (χ3v) is 5.66. The van der Waals surface area contributed by atoms with Crippen LogP contribution < -0.4 is 4.72 Å². The first-order valence-electron chi connectivity index (χ1n) is 7.37. The molecule has 0 bridgehead atoms. The average molecular weight is 345 g/mol. The lowest BCUT2D eigenvalue weighted by molar-refractivity contribution is -0.144. The number of rotatable bonds is 6. The van der Waals surface area contributed by atoms with Gasteiger partial charge in [-0.05, 0) is 49.4 Å². The van der Waals surface area contributed by atoms with Gasteiger partial charge in [0.2, 0.25) is 10.0 Å². The number of sulfonamides is 1. The van der Waals surface area contributed by atoms with Crippen molar-refractivity contribution in [3.05, 3.63) is 29.6 Å². The van der Waals surface area contributed by atoms with Crippen molar-refractivity contribution in [3.63, 3.8) is 0 Å². The fourth-order valence-corrected chi connectivity index (χ4v) is 4.05. The molecule has 1 unspecified atom stereocenters. The number of aryl methyl sites for hydroxylation is 1. The molecule has 128 valence electrons. The molecular weight excluding hydrogens is 325 g/mol. The maximum absolute atomic E-state index is 13.1. The SMILES string of the molecule is Cc1cc(F)ccc1S(=O)(=O)NCC(C(=O)O)C1CCOCC1. The molecule has 0 saturated carbocycles. The van der Waals surface area contributed by atoms with Gasteiger partial charge in [-0.25, -0.2) is 17.5 Å². The number of nitrogens with one attached hydrogen (secondary N) is 1. The molecule has 1 aliphatic heterocycles. The minimum atomic E-state index is -3.89. The van der Waals surface area contributed by atoms with Crippen molar-refractivity contribution in [2.45, 2.75) is 24.7 Å². The van der Waals surface area contributed by atoms with E-state index in [-0.39, 0.29) is 22.9 Å². The normalized spacial score (nSPS) is 17.8. The van der Waals surface area contributed by atoms with Crippen molar-refractivity contribution in [1.29, 1.82) is 0 Å². The minimum absolute atomic E-state index is 0.0463. The van der Waals surface area contributed by atoms with Crippen LogP contribution in [-0.4, -0.2) is 39.3 Å². The van der Waals surface area contributed by atoms with Gasteiger partial charge in [-0.15, -0.1) is 0 Å². The van der Waals surface area contributed by atoms with E-state index >= 15 is 0 Å². The summed E-state index contributed by atoms with van der Waals surface area (Å²) < 4.78 is 45.3. The Balaban J connectivity index is 2.11. The third-order valence-electron chi connectivity index (χ3n) is 4.07. The maximum atomic E-state index is 13.1. The molecule has 8 heteroatoms. The zero-order valence-electron chi connectivity index (χ0n) is 12.8. The second kappa shape index (κ2) is 7.37. The van der Waals surface area contributed by atoms with E-state index in [4.69, 9.17) is 4.74 Å². The Bertz CT molecular complexity index is 670. The Morgan fingerprint density at radius 1 is 1.43 bits per heavy atom. The summed E-state index contributed by atoms with van der Waals surface area (Å²) in [5.41, 5.74) is 0.274. The van der Waals surface area contributed by atoms with E-state index in [0.29, 0.717) is 26.1 Å². The van der Waals surface area contributed by atoms with Crippen LogP contribution in [0.1, 0.15) is 18.4 Å². The number of aliphatic carboxylic acids is 1.